The maximum absolute atomic E-state index is 5.38. The lowest BCUT2D eigenvalue weighted by molar-refractivity contribution is 0.354. The van der Waals surface area contributed by atoms with Gasteiger partial charge in [-0.3, -0.25) is 0 Å². The highest BCUT2D eigenvalue weighted by Gasteiger charge is 2.27. The van der Waals surface area contributed by atoms with E-state index in [0.717, 1.165) is 17.1 Å². The van der Waals surface area contributed by atoms with Crippen LogP contribution in [-0.2, 0) is 0 Å². The molecule has 2 nitrogen and oxygen atoms in total. The Balaban J connectivity index is 2.40. The highest BCUT2D eigenvalue weighted by molar-refractivity contribution is 5.74. The van der Waals surface area contributed by atoms with Crippen LogP contribution in [0.2, 0.25) is 0 Å². The van der Waals surface area contributed by atoms with Gasteiger partial charge in [-0.1, -0.05) is 18.7 Å². The van der Waals surface area contributed by atoms with E-state index in [1.165, 1.54) is 18.4 Å². The number of ether oxygens (including phenoxy) is 2. The van der Waals surface area contributed by atoms with Crippen LogP contribution in [0.5, 0.6) is 11.5 Å². The summed E-state index contributed by atoms with van der Waals surface area (Å²) in [6.07, 6.45) is 2.50. The van der Waals surface area contributed by atoms with Gasteiger partial charge in [0.25, 0.3) is 0 Å². The first-order chi connectivity index (χ1) is 7.27. The molecule has 1 saturated carbocycles. The number of para-hydroxylation sites is 1. The SMILES string of the molecule is C=C(c1cccc(OC)c1OC)C1CC1. The van der Waals surface area contributed by atoms with Crippen molar-refractivity contribution in [2.75, 3.05) is 14.2 Å². The highest BCUT2D eigenvalue weighted by Crippen LogP contribution is 2.45. The van der Waals surface area contributed by atoms with Crippen LogP contribution in [-0.4, -0.2) is 14.2 Å². The van der Waals surface area contributed by atoms with Crippen molar-refractivity contribution in [2.24, 2.45) is 5.92 Å². The minimum absolute atomic E-state index is 0.644. The predicted molar refractivity (Wildman–Crippen MR) is 61.3 cm³/mol. The monoisotopic (exact) mass is 204 g/mol. The third kappa shape index (κ3) is 1.84. The van der Waals surface area contributed by atoms with Crippen molar-refractivity contribution in [3.63, 3.8) is 0 Å². The summed E-state index contributed by atoms with van der Waals surface area (Å²) >= 11 is 0. The first kappa shape index (κ1) is 10.1. The maximum atomic E-state index is 5.38. The van der Waals surface area contributed by atoms with Gasteiger partial charge in [-0.05, 0) is 30.4 Å². The average molecular weight is 204 g/mol. The third-order valence-electron chi connectivity index (χ3n) is 2.82. The Bertz CT molecular complexity index is 378. The zero-order valence-electron chi connectivity index (χ0n) is 9.25. The number of methoxy groups -OCH3 is 2. The molecule has 0 radical (unpaired) electrons. The van der Waals surface area contributed by atoms with E-state index in [4.69, 9.17) is 9.47 Å². The van der Waals surface area contributed by atoms with E-state index in [1.807, 2.05) is 18.2 Å². The Hall–Kier alpha value is -1.44. The molecular formula is C13H16O2. The van der Waals surface area contributed by atoms with E-state index in [1.54, 1.807) is 14.2 Å². The minimum Gasteiger partial charge on any atom is -0.493 e. The Morgan fingerprint density at radius 2 is 2.00 bits per heavy atom. The van der Waals surface area contributed by atoms with Crippen molar-refractivity contribution in [1.29, 1.82) is 0 Å². The topological polar surface area (TPSA) is 18.5 Å². The van der Waals surface area contributed by atoms with Gasteiger partial charge in [0.15, 0.2) is 11.5 Å². The molecule has 1 aromatic rings. The summed E-state index contributed by atoms with van der Waals surface area (Å²) in [5.41, 5.74) is 2.25. The lowest BCUT2D eigenvalue weighted by atomic mass is 10.0. The number of allylic oxidation sites excluding steroid dienone is 1. The quantitative estimate of drug-likeness (QED) is 0.750. The molecule has 1 fully saturated rings. The molecule has 0 N–H and O–H groups in total. The van der Waals surface area contributed by atoms with Gasteiger partial charge in [0.05, 0.1) is 14.2 Å². The second kappa shape index (κ2) is 3.97. The summed E-state index contributed by atoms with van der Waals surface area (Å²) in [6, 6.07) is 5.93. The fourth-order valence-corrected chi connectivity index (χ4v) is 1.79. The largest absolute Gasteiger partial charge is 0.493 e. The maximum Gasteiger partial charge on any atom is 0.168 e. The predicted octanol–water partition coefficient (Wildman–Crippen LogP) is 3.13. The van der Waals surface area contributed by atoms with Gasteiger partial charge in [-0.15, -0.1) is 0 Å². The van der Waals surface area contributed by atoms with Crippen molar-refractivity contribution in [1.82, 2.24) is 0 Å². The van der Waals surface area contributed by atoms with Gasteiger partial charge < -0.3 is 9.47 Å². The van der Waals surface area contributed by atoms with Crippen LogP contribution in [0.4, 0.5) is 0 Å². The summed E-state index contributed by atoms with van der Waals surface area (Å²) in [7, 11) is 3.32. The summed E-state index contributed by atoms with van der Waals surface area (Å²) in [5.74, 6) is 2.22. The van der Waals surface area contributed by atoms with Gasteiger partial charge in [-0.25, -0.2) is 0 Å². The van der Waals surface area contributed by atoms with Gasteiger partial charge in [0.1, 0.15) is 0 Å². The molecule has 15 heavy (non-hydrogen) atoms. The summed E-state index contributed by atoms with van der Waals surface area (Å²) in [5, 5.41) is 0. The second-order valence-electron chi connectivity index (χ2n) is 3.84. The fourth-order valence-electron chi connectivity index (χ4n) is 1.79. The molecule has 0 saturated heterocycles. The Morgan fingerprint density at radius 3 is 2.53 bits per heavy atom. The molecular weight excluding hydrogens is 188 g/mol. The van der Waals surface area contributed by atoms with E-state index < -0.39 is 0 Å². The first-order valence-electron chi connectivity index (χ1n) is 5.18. The smallest absolute Gasteiger partial charge is 0.168 e. The van der Waals surface area contributed by atoms with E-state index in [9.17, 15) is 0 Å². The lowest BCUT2D eigenvalue weighted by Gasteiger charge is -2.13. The average Bonchev–Trinajstić information content (AvgIpc) is 3.10. The van der Waals surface area contributed by atoms with E-state index in [2.05, 4.69) is 6.58 Å². The fraction of sp³-hybridized carbons (Fsp3) is 0.385. The van der Waals surface area contributed by atoms with Gasteiger partial charge in [-0.2, -0.15) is 0 Å². The zero-order valence-corrected chi connectivity index (χ0v) is 9.25. The number of benzene rings is 1. The Kier molecular flexibility index (Phi) is 2.67. The molecule has 2 rings (SSSR count). The first-order valence-corrected chi connectivity index (χ1v) is 5.18. The number of rotatable bonds is 4. The van der Waals surface area contributed by atoms with Crippen molar-refractivity contribution in [3.05, 3.63) is 30.3 Å². The molecule has 1 aliphatic rings. The number of hydrogen-bond acceptors (Lipinski definition) is 2. The van der Waals surface area contributed by atoms with Crippen LogP contribution < -0.4 is 9.47 Å². The molecule has 1 aliphatic carbocycles. The molecule has 0 bridgehead atoms. The van der Waals surface area contributed by atoms with Crippen molar-refractivity contribution in [3.8, 4) is 11.5 Å². The molecule has 0 atom stereocenters. The zero-order chi connectivity index (χ0) is 10.8. The third-order valence-corrected chi connectivity index (χ3v) is 2.82. The van der Waals surface area contributed by atoms with Crippen LogP contribution in [0.1, 0.15) is 18.4 Å². The lowest BCUT2D eigenvalue weighted by Crippen LogP contribution is -1.95. The van der Waals surface area contributed by atoms with E-state index in [-0.39, 0.29) is 0 Å². The van der Waals surface area contributed by atoms with Crippen molar-refractivity contribution in [2.45, 2.75) is 12.8 Å². The van der Waals surface area contributed by atoms with Crippen LogP contribution in [0.3, 0.4) is 0 Å². The molecule has 0 heterocycles. The molecule has 0 aromatic heterocycles. The number of hydrogen-bond donors (Lipinski definition) is 0. The molecule has 1 aromatic carbocycles. The summed E-state index contributed by atoms with van der Waals surface area (Å²) < 4.78 is 10.6. The Labute approximate surface area is 90.5 Å². The minimum atomic E-state index is 0.644. The van der Waals surface area contributed by atoms with E-state index in [0.29, 0.717) is 5.92 Å². The van der Waals surface area contributed by atoms with E-state index >= 15 is 0 Å². The van der Waals surface area contributed by atoms with Crippen molar-refractivity contribution < 1.29 is 9.47 Å². The van der Waals surface area contributed by atoms with Crippen LogP contribution in [0, 0.1) is 5.92 Å². The summed E-state index contributed by atoms with van der Waals surface area (Å²) in [6.45, 7) is 4.14. The normalized spacial score (nSPS) is 14.8. The molecule has 0 unspecified atom stereocenters. The molecule has 80 valence electrons. The van der Waals surface area contributed by atoms with Crippen LogP contribution in [0.15, 0.2) is 24.8 Å². The van der Waals surface area contributed by atoms with Gasteiger partial charge in [0.2, 0.25) is 0 Å². The van der Waals surface area contributed by atoms with Crippen molar-refractivity contribution >= 4 is 5.57 Å². The standard InChI is InChI=1S/C13H16O2/c1-9(10-7-8-10)11-5-4-6-12(14-2)13(11)15-3/h4-6,10H,1,7-8H2,2-3H3. The molecule has 0 amide bonds. The molecule has 2 heteroatoms. The molecule has 0 aliphatic heterocycles. The summed E-state index contributed by atoms with van der Waals surface area (Å²) in [4.78, 5) is 0. The second-order valence-corrected chi connectivity index (χ2v) is 3.84. The Morgan fingerprint density at radius 1 is 1.27 bits per heavy atom. The van der Waals surface area contributed by atoms with Crippen LogP contribution >= 0.6 is 0 Å². The van der Waals surface area contributed by atoms with Gasteiger partial charge in [0, 0.05) is 5.56 Å². The highest BCUT2D eigenvalue weighted by atomic mass is 16.5. The van der Waals surface area contributed by atoms with Gasteiger partial charge >= 0.3 is 0 Å². The molecule has 0 spiro atoms. The van der Waals surface area contributed by atoms with Crippen LogP contribution in [0.25, 0.3) is 5.57 Å².